The number of nitrogens with one attached hydrogen (secondary N) is 1. The summed E-state index contributed by atoms with van der Waals surface area (Å²) in [5.74, 6) is -0.492. The first kappa shape index (κ1) is 18.8. The van der Waals surface area contributed by atoms with E-state index in [-0.39, 0.29) is 28.9 Å². The predicted molar refractivity (Wildman–Crippen MR) is 101 cm³/mol. The maximum absolute atomic E-state index is 13.1. The lowest BCUT2D eigenvalue weighted by molar-refractivity contribution is -0.140. The molecular weight excluding hydrogens is 366 g/mol. The van der Waals surface area contributed by atoms with Crippen molar-refractivity contribution in [2.75, 3.05) is 18.5 Å². The molecule has 3 rings (SSSR count). The van der Waals surface area contributed by atoms with E-state index in [1.54, 1.807) is 43.3 Å². The normalized spacial score (nSPS) is 11.3. The third-order valence-corrected chi connectivity index (χ3v) is 5.52. The van der Waals surface area contributed by atoms with Crippen LogP contribution in [-0.4, -0.2) is 37.5 Å². The van der Waals surface area contributed by atoms with Gasteiger partial charge in [0.25, 0.3) is 0 Å². The van der Waals surface area contributed by atoms with Gasteiger partial charge in [-0.2, -0.15) is 0 Å². The van der Waals surface area contributed by atoms with Gasteiger partial charge in [-0.1, -0.05) is 29.8 Å². The molecule has 2 aromatic carbocycles. The SMILES string of the molecule is CCOC(=O)CNc1nc2ccccc2nc1S(=O)(=O)c1ccc(C)cc1. The quantitative estimate of drug-likeness (QED) is 0.652. The van der Waals surface area contributed by atoms with Crippen molar-refractivity contribution in [3.05, 3.63) is 54.1 Å². The zero-order valence-electron chi connectivity index (χ0n) is 15.0. The Morgan fingerprint density at radius 1 is 1.04 bits per heavy atom. The highest BCUT2D eigenvalue weighted by Gasteiger charge is 2.25. The first-order chi connectivity index (χ1) is 12.9. The Kier molecular flexibility index (Phi) is 5.36. The van der Waals surface area contributed by atoms with E-state index in [9.17, 15) is 13.2 Å². The Labute approximate surface area is 157 Å². The van der Waals surface area contributed by atoms with Crippen LogP contribution in [0, 0.1) is 6.92 Å². The summed E-state index contributed by atoms with van der Waals surface area (Å²) in [6.45, 7) is 3.59. The molecule has 0 radical (unpaired) electrons. The third kappa shape index (κ3) is 4.06. The lowest BCUT2D eigenvalue weighted by atomic mass is 10.2. The Morgan fingerprint density at radius 2 is 1.67 bits per heavy atom. The van der Waals surface area contributed by atoms with Crippen molar-refractivity contribution in [3.8, 4) is 0 Å². The summed E-state index contributed by atoms with van der Waals surface area (Å²) in [5, 5.41) is 2.52. The minimum atomic E-state index is -3.93. The van der Waals surface area contributed by atoms with Gasteiger partial charge in [-0.3, -0.25) is 4.79 Å². The molecule has 0 aliphatic heterocycles. The number of carbonyl (C=O) groups excluding carboxylic acids is 1. The predicted octanol–water partition coefficient (Wildman–Crippen LogP) is 2.75. The van der Waals surface area contributed by atoms with E-state index in [0.717, 1.165) is 5.56 Å². The summed E-state index contributed by atoms with van der Waals surface area (Å²) in [6.07, 6.45) is 0. The maximum atomic E-state index is 13.1. The molecule has 0 saturated heterocycles. The fraction of sp³-hybridized carbons (Fsp3) is 0.211. The number of rotatable bonds is 6. The number of hydrogen-bond acceptors (Lipinski definition) is 7. The minimum absolute atomic E-state index is 0.0160. The molecule has 0 aliphatic carbocycles. The largest absolute Gasteiger partial charge is 0.465 e. The van der Waals surface area contributed by atoms with Crippen LogP contribution < -0.4 is 5.32 Å². The summed E-state index contributed by atoms with van der Waals surface area (Å²) in [5.41, 5.74) is 1.91. The molecule has 8 heteroatoms. The number of anilines is 1. The summed E-state index contributed by atoms with van der Waals surface area (Å²) >= 11 is 0. The molecule has 0 amide bonds. The number of aromatic nitrogens is 2. The highest BCUT2D eigenvalue weighted by atomic mass is 32.2. The molecule has 7 nitrogen and oxygen atoms in total. The molecule has 0 saturated carbocycles. The van der Waals surface area contributed by atoms with Crippen molar-refractivity contribution in [1.29, 1.82) is 0 Å². The molecule has 1 heterocycles. The Hall–Kier alpha value is -3.00. The van der Waals surface area contributed by atoms with Crippen LogP contribution in [0.4, 0.5) is 5.82 Å². The smallest absolute Gasteiger partial charge is 0.325 e. The van der Waals surface area contributed by atoms with Crippen LogP contribution in [0.25, 0.3) is 11.0 Å². The fourth-order valence-electron chi connectivity index (χ4n) is 2.48. The van der Waals surface area contributed by atoms with E-state index in [4.69, 9.17) is 4.74 Å². The second-order valence-corrected chi connectivity index (χ2v) is 7.71. The molecular formula is C19H19N3O4S. The van der Waals surface area contributed by atoms with Crippen LogP contribution >= 0.6 is 0 Å². The molecule has 27 heavy (non-hydrogen) atoms. The second-order valence-electron chi connectivity index (χ2n) is 5.84. The van der Waals surface area contributed by atoms with Gasteiger partial charge in [-0.05, 0) is 38.1 Å². The Morgan fingerprint density at radius 3 is 2.30 bits per heavy atom. The molecule has 1 aromatic heterocycles. The van der Waals surface area contributed by atoms with Crippen LogP contribution in [0.3, 0.4) is 0 Å². The standard InChI is InChI=1S/C19H19N3O4S/c1-3-26-17(23)12-20-18-19(22-16-7-5-4-6-15(16)21-18)27(24,25)14-10-8-13(2)9-11-14/h4-11H,3,12H2,1-2H3,(H,20,21). The number of esters is 1. The molecule has 0 aliphatic rings. The lowest BCUT2D eigenvalue weighted by Crippen LogP contribution is -2.20. The molecule has 0 bridgehead atoms. The molecule has 140 valence electrons. The van der Waals surface area contributed by atoms with Gasteiger partial charge in [0, 0.05) is 0 Å². The van der Waals surface area contributed by atoms with Crippen LogP contribution in [0.2, 0.25) is 0 Å². The van der Waals surface area contributed by atoms with Gasteiger partial charge in [-0.25, -0.2) is 18.4 Å². The molecule has 0 unspecified atom stereocenters. The van der Waals surface area contributed by atoms with Gasteiger partial charge < -0.3 is 10.1 Å². The Balaban J connectivity index is 2.09. The molecule has 0 fully saturated rings. The zero-order chi connectivity index (χ0) is 19.4. The number of aryl methyl sites for hydroxylation is 1. The number of para-hydroxylation sites is 2. The van der Waals surface area contributed by atoms with Gasteiger partial charge in [0.05, 0.1) is 22.5 Å². The summed E-state index contributed by atoms with van der Waals surface area (Å²) in [7, 11) is -3.93. The van der Waals surface area contributed by atoms with Gasteiger partial charge in [0.1, 0.15) is 6.54 Å². The molecule has 3 aromatic rings. The van der Waals surface area contributed by atoms with E-state index in [1.807, 2.05) is 6.92 Å². The monoisotopic (exact) mass is 385 g/mol. The second kappa shape index (κ2) is 7.71. The van der Waals surface area contributed by atoms with E-state index in [2.05, 4.69) is 15.3 Å². The highest BCUT2D eigenvalue weighted by molar-refractivity contribution is 7.91. The number of hydrogen-bond donors (Lipinski definition) is 1. The van der Waals surface area contributed by atoms with E-state index >= 15 is 0 Å². The van der Waals surface area contributed by atoms with Crippen LogP contribution in [0.15, 0.2) is 58.5 Å². The van der Waals surface area contributed by atoms with E-state index in [1.165, 1.54) is 12.1 Å². The summed E-state index contributed by atoms with van der Waals surface area (Å²) in [6, 6.07) is 13.4. The highest BCUT2D eigenvalue weighted by Crippen LogP contribution is 2.27. The minimum Gasteiger partial charge on any atom is -0.465 e. The number of sulfone groups is 1. The number of fused-ring (bicyclic) bond motifs is 1. The molecule has 1 N–H and O–H groups in total. The number of benzene rings is 2. The summed E-state index contributed by atoms with van der Waals surface area (Å²) < 4.78 is 31.1. The van der Waals surface area contributed by atoms with Crippen molar-refractivity contribution in [3.63, 3.8) is 0 Å². The van der Waals surface area contributed by atoms with Crippen molar-refractivity contribution >= 4 is 32.7 Å². The van der Waals surface area contributed by atoms with Gasteiger partial charge in [-0.15, -0.1) is 0 Å². The van der Waals surface area contributed by atoms with Gasteiger partial charge in [0.2, 0.25) is 14.9 Å². The number of carbonyl (C=O) groups is 1. The lowest BCUT2D eigenvalue weighted by Gasteiger charge is -2.12. The number of ether oxygens (including phenoxy) is 1. The third-order valence-electron chi connectivity index (χ3n) is 3.83. The van der Waals surface area contributed by atoms with Crippen LogP contribution in [0.5, 0.6) is 0 Å². The fourth-order valence-corrected chi connectivity index (χ4v) is 3.79. The van der Waals surface area contributed by atoms with Crippen molar-refractivity contribution < 1.29 is 17.9 Å². The zero-order valence-corrected chi connectivity index (χ0v) is 15.8. The van der Waals surface area contributed by atoms with Crippen molar-refractivity contribution in [2.45, 2.75) is 23.8 Å². The average molecular weight is 385 g/mol. The first-order valence-corrected chi connectivity index (χ1v) is 9.88. The van der Waals surface area contributed by atoms with Crippen molar-refractivity contribution in [1.82, 2.24) is 9.97 Å². The first-order valence-electron chi connectivity index (χ1n) is 8.40. The topological polar surface area (TPSA) is 98.2 Å². The Bertz CT molecular complexity index is 1080. The van der Waals surface area contributed by atoms with E-state index in [0.29, 0.717) is 11.0 Å². The maximum Gasteiger partial charge on any atom is 0.325 e. The van der Waals surface area contributed by atoms with Gasteiger partial charge >= 0.3 is 5.97 Å². The average Bonchev–Trinajstić information content (AvgIpc) is 2.66. The van der Waals surface area contributed by atoms with Crippen LogP contribution in [-0.2, 0) is 19.4 Å². The molecule has 0 atom stereocenters. The summed E-state index contributed by atoms with van der Waals surface area (Å²) in [4.78, 5) is 20.4. The van der Waals surface area contributed by atoms with Crippen molar-refractivity contribution in [2.24, 2.45) is 0 Å². The van der Waals surface area contributed by atoms with E-state index < -0.39 is 15.8 Å². The van der Waals surface area contributed by atoms with Crippen LogP contribution in [0.1, 0.15) is 12.5 Å². The van der Waals surface area contributed by atoms with Gasteiger partial charge in [0.15, 0.2) is 5.82 Å². The number of nitrogens with zero attached hydrogens (tertiary/aromatic N) is 2. The molecule has 0 spiro atoms.